The number of hydrogen-bond donors (Lipinski definition) is 1. The van der Waals surface area contributed by atoms with Gasteiger partial charge in [-0.2, -0.15) is 0 Å². The van der Waals surface area contributed by atoms with Crippen LogP contribution < -0.4 is 0 Å². The first kappa shape index (κ1) is 11.9. The summed E-state index contributed by atoms with van der Waals surface area (Å²) >= 11 is 0. The van der Waals surface area contributed by atoms with Crippen LogP contribution in [0.15, 0.2) is 0 Å². The van der Waals surface area contributed by atoms with Gasteiger partial charge < -0.3 is 14.7 Å². The number of carbonyl (C=O) groups is 1. The highest BCUT2D eigenvalue weighted by Crippen LogP contribution is 2.28. The predicted molar refractivity (Wildman–Crippen MR) is 60.0 cm³/mol. The van der Waals surface area contributed by atoms with Gasteiger partial charge in [-0.05, 0) is 32.1 Å². The van der Waals surface area contributed by atoms with Gasteiger partial charge >= 0.3 is 0 Å². The summed E-state index contributed by atoms with van der Waals surface area (Å²) in [5, 5.41) is 9.41. The number of methoxy groups -OCH3 is 1. The highest BCUT2D eigenvalue weighted by molar-refractivity contribution is 5.79. The van der Waals surface area contributed by atoms with Crippen molar-refractivity contribution in [1.82, 2.24) is 4.90 Å². The number of carbonyl (C=O) groups excluding carboxylic acids is 1. The van der Waals surface area contributed by atoms with Gasteiger partial charge in [0, 0.05) is 26.1 Å². The van der Waals surface area contributed by atoms with Crippen molar-refractivity contribution in [2.24, 2.45) is 5.92 Å². The van der Waals surface area contributed by atoms with E-state index in [1.807, 2.05) is 4.90 Å². The molecule has 2 fully saturated rings. The molecule has 1 aliphatic carbocycles. The first-order chi connectivity index (χ1) is 7.70. The van der Waals surface area contributed by atoms with E-state index < -0.39 is 0 Å². The summed E-state index contributed by atoms with van der Waals surface area (Å²) in [4.78, 5) is 13.9. The topological polar surface area (TPSA) is 49.8 Å². The molecule has 4 heteroatoms. The second-order valence-electron chi connectivity index (χ2n) is 4.94. The number of amides is 1. The molecule has 0 aromatic carbocycles. The van der Waals surface area contributed by atoms with Crippen molar-refractivity contribution in [3.8, 4) is 0 Å². The summed E-state index contributed by atoms with van der Waals surface area (Å²) in [5.74, 6) is 0.405. The molecule has 2 aliphatic rings. The molecule has 1 amide bonds. The lowest BCUT2D eigenvalue weighted by atomic mass is 9.86. The third-order valence-corrected chi connectivity index (χ3v) is 3.83. The van der Waals surface area contributed by atoms with Gasteiger partial charge in [-0.25, -0.2) is 0 Å². The molecule has 1 saturated carbocycles. The molecule has 1 saturated heterocycles. The normalized spacial score (nSPS) is 35.4. The van der Waals surface area contributed by atoms with Gasteiger partial charge in [0.1, 0.15) is 0 Å². The number of rotatable bonds is 2. The fraction of sp³-hybridized carbons (Fsp3) is 0.917. The van der Waals surface area contributed by atoms with E-state index in [-0.39, 0.29) is 17.9 Å². The Labute approximate surface area is 96.6 Å². The van der Waals surface area contributed by atoms with Crippen LogP contribution in [0.4, 0.5) is 0 Å². The molecule has 0 aromatic heterocycles. The summed E-state index contributed by atoms with van der Waals surface area (Å²) < 4.78 is 5.30. The Kier molecular flexibility index (Phi) is 3.82. The molecule has 1 N–H and O–H groups in total. The average Bonchev–Trinajstić information content (AvgIpc) is 2.75. The molecule has 0 bridgehead atoms. The molecule has 4 nitrogen and oxygen atoms in total. The first-order valence-corrected chi connectivity index (χ1v) is 6.20. The highest BCUT2D eigenvalue weighted by atomic mass is 16.5. The number of likely N-dealkylation sites (tertiary alicyclic amines) is 1. The number of nitrogens with zero attached hydrogens (tertiary/aromatic N) is 1. The smallest absolute Gasteiger partial charge is 0.225 e. The lowest BCUT2D eigenvalue weighted by Crippen LogP contribution is -2.37. The lowest BCUT2D eigenvalue weighted by molar-refractivity contribution is -0.136. The lowest BCUT2D eigenvalue weighted by Gasteiger charge is -2.29. The SMILES string of the molecule is COC1CCC(C(=O)N2CCC(O)C2)CC1. The molecule has 1 atom stereocenters. The molecular formula is C12H21NO3. The maximum atomic E-state index is 12.1. The van der Waals surface area contributed by atoms with Crippen molar-refractivity contribution in [1.29, 1.82) is 0 Å². The first-order valence-electron chi connectivity index (χ1n) is 6.20. The number of β-amino-alcohol motifs (C(OH)–C–C–N with tert-alkyl or cyclic N) is 1. The summed E-state index contributed by atoms with van der Waals surface area (Å²) in [5.41, 5.74) is 0. The fourth-order valence-corrected chi connectivity index (χ4v) is 2.75. The molecule has 0 radical (unpaired) electrons. The Morgan fingerprint density at radius 3 is 2.44 bits per heavy atom. The predicted octanol–water partition coefficient (Wildman–Crippen LogP) is 0.785. The molecular weight excluding hydrogens is 206 g/mol. The van der Waals surface area contributed by atoms with Crippen LogP contribution in [0.25, 0.3) is 0 Å². The van der Waals surface area contributed by atoms with Gasteiger partial charge in [0.15, 0.2) is 0 Å². The van der Waals surface area contributed by atoms with Gasteiger partial charge in [0.25, 0.3) is 0 Å². The van der Waals surface area contributed by atoms with Gasteiger partial charge in [-0.1, -0.05) is 0 Å². The second-order valence-corrected chi connectivity index (χ2v) is 4.94. The Hall–Kier alpha value is -0.610. The van der Waals surface area contributed by atoms with Crippen LogP contribution in [-0.2, 0) is 9.53 Å². The van der Waals surface area contributed by atoms with Gasteiger partial charge in [0.2, 0.25) is 5.91 Å². The van der Waals surface area contributed by atoms with Crippen LogP contribution >= 0.6 is 0 Å². The second kappa shape index (κ2) is 5.15. The third kappa shape index (κ3) is 2.55. The van der Waals surface area contributed by atoms with Gasteiger partial charge in [0.05, 0.1) is 12.2 Å². The average molecular weight is 227 g/mol. The maximum absolute atomic E-state index is 12.1. The van der Waals surface area contributed by atoms with Crippen molar-refractivity contribution in [2.75, 3.05) is 20.2 Å². The van der Waals surface area contributed by atoms with E-state index in [2.05, 4.69) is 0 Å². The van der Waals surface area contributed by atoms with Gasteiger partial charge in [-0.15, -0.1) is 0 Å². The largest absolute Gasteiger partial charge is 0.391 e. The molecule has 92 valence electrons. The molecule has 2 rings (SSSR count). The van der Waals surface area contributed by atoms with Crippen molar-refractivity contribution in [3.63, 3.8) is 0 Å². The summed E-state index contributed by atoms with van der Waals surface area (Å²) in [6.07, 6.45) is 4.62. The van der Waals surface area contributed by atoms with Crippen LogP contribution in [0.3, 0.4) is 0 Å². The standard InChI is InChI=1S/C12H21NO3/c1-16-11-4-2-9(3-5-11)12(15)13-7-6-10(14)8-13/h9-11,14H,2-8H2,1H3. The Morgan fingerprint density at radius 2 is 1.94 bits per heavy atom. The number of aliphatic hydroxyl groups excluding tert-OH is 1. The van der Waals surface area contributed by atoms with Crippen molar-refractivity contribution < 1.29 is 14.6 Å². The number of hydrogen-bond acceptors (Lipinski definition) is 3. The molecule has 1 heterocycles. The molecule has 1 unspecified atom stereocenters. The monoisotopic (exact) mass is 227 g/mol. The van der Waals surface area contributed by atoms with Crippen LogP contribution in [0.1, 0.15) is 32.1 Å². The van der Waals surface area contributed by atoms with Crippen LogP contribution in [-0.4, -0.2) is 48.3 Å². The van der Waals surface area contributed by atoms with E-state index in [1.165, 1.54) is 0 Å². The van der Waals surface area contributed by atoms with E-state index in [0.717, 1.165) is 38.6 Å². The van der Waals surface area contributed by atoms with Crippen molar-refractivity contribution in [2.45, 2.75) is 44.3 Å². The summed E-state index contributed by atoms with van der Waals surface area (Å²) in [6, 6.07) is 0. The number of ether oxygens (including phenoxy) is 1. The van der Waals surface area contributed by atoms with Crippen LogP contribution in [0.5, 0.6) is 0 Å². The van der Waals surface area contributed by atoms with Crippen molar-refractivity contribution >= 4 is 5.91 Å². The molecule has 0 spiro atoms. The minimum Gasteiger partial charge on any atom is -0.391 e. The van der Waals surface area contributed by atoms with E-state index in [0.29, 0.717) is 12.6 Å². The highest BCUT2D eigenvalue weighted by Gasteiger charge is 2.32. The van der Waals surface area contributed by atoms with E-state index in [1.54, 1.807) is 7.11 Å². The summed E-state index contributed by atoms with van der Waals surface area (Å²) in [7, 11) is 1.74. The molecule has 1 aliphatic heterocycles. The van der Waals surface area contributed by atoms with E-state index in [9.17, 15) is 9.90 Å². The van der Waals surface area contributed by atoms with E-state index in [4.69, 9.17) is 4.74 Å². The number of aliphatic hydroxyl groups is 1. The minimum atomic E-state index is -0.306. The van der Waals surface area contributed by atoms with Crippen molar-refractivity contribution in [3.05, 3.63) is 0 Å². The Morgan fingerprint density at radius 1 is 1.25 bits per heavy atom. The summed E-state index contributed by atoms with van der Waals surface area (Å²) in [6.45, 7) is 1.26. The molecule has 0 aromatic rings. The van der Waals surface area contributed by atoms with Gasteiger partial charge in [-0.3, -0.25) is 4.79 Å². The quantitative estimate of drug-likeness (QED) is 0.758. The fourth-order valence-electron chi connectivity index (χ4n) is 2.75. The zero-order chi connectivity index (χ0) is 11.5. The zero-order valence-corrected chi connectivity index (χ0v) is 9.89. The minimum absolute atomic E-state index is 0.164. The molecule has 16 heavy (non-hydrogen) atoms. The van der Waals surface area contributed by atoms with E-state index >= 15 is 0 Å². The Bertz CT molecular complexity index is 249. The third-order valence-electron chi connectivity index (χ3n) is 3.83. The maximum Gasteiger partial charge on any atom is 0.225 e. The Balaban J connectivity index is 1.82. The van der Waals surface area contributed by atoms with Crippen LogP contribution in [0, 0.1) is 5.92 Å². The zero-order valence-electron chi connectivity index (χ0n) is 9.89. The van der Waals surface area contributed by atoms with Crippen LogP contribution in [0.2, 0.25) is 0 Å².